The first-order chi connectivity index (χ1) is 24.2. The average Bonchev–Trinajstić information content (AvgIpc) is 3.47. The third kappa shape index (κ3) is 4.58. The van der Waals surface area contributed by atoms with E-state index in [9.17, 15) is 0 Å². The summed E-state index contributed by atoms with van der Waals surface area (Å²) in [4.78, 5) is 0. The van der Waals surface area contributed by atoms with Crippen LogP contribution in [-0.4, -0.2) is 0 Å². The highest BCUT2D eigenvalue weighted by Crippen LogP contribution is 2.57. The minimum absolute atomic E-state index is 0.497. The molecule has 0 fully saturated rings. The Morgan fingerprint density at radius 1 is 0.347 bits per heavy atom. The second-order valence-corrected chi connectivity index (χ2v) is 15.6. The monoisotopic (exact) mass is 644 g/mol. The van der Waals surface area contributed by atoms with Crippen molar-refractivity contribution in [3.05, 3.63) is 222 Å². The minimum atomic E-state index is -3.06. The van der Waals surface area contributed by atoms with Crippen LogP contribution in [0.15, 0.2) is 200 Å². The zero-order valence-corrected chi connectivity index (χ0v) is 27.8. The Morgan fingerprint density at radius 2 is 0.776 bits per heavy atom. The molecule has 0 aliphatic heterocycles. The van der Waals surface area contributed by atoms with Gasteiger partial charge in [-0.25, -0.2) is 0 Å². The van der Waals surface area contributed by atoms with E-state index < -0.39 is 12.6 Å². The van der Waals surface area contributed by atoms with Crippen LogP contribution in [-0.2, 0) is 9.98 Å². The van der Waals surface area contributed by atoms with Gasteiger partial charge in [-0.15, -0.1) is 0 Å². The van der Waals surface area contributed by atoms with Crippen molar-refractivity contribution in [1.82, 2.24) is 0 Å². The molecule has 0 atom stereocenters. The lowest BCUT2D eigenvalue weighted by Gasteiger charge is -2.34. The summed E-state index contributed by atoms with van der Waals surface area (Å²) in [6, 6.07) is 70.4. The Labute approximate surface area is 287 Å². The van der Waals surface area contributed by atoms with Gasteiger partial charge in [0.25, 0.3) is 0 Å². The van der Waals surface area contributed by atoms with Crippen LogP contribution in [0.1, 0.15) is 22.3 Å². The number of fused-ring (bicyclic) bond motifs is 4. The normalized spacial score (nSPS) is 13.1. The van der Waals surface area contributed by atoms with E-state index >= 15 is 4.57 Å². The summed E-state index contributed by atoms with van der Waals surface area (Å²) in [5.74, 6) is 0. The van der Waals surface area contributed by atoms with E-state index in [2.05, 4.69) is 140 Å². The Kier molecular flexibility index (Phi) is 7.04. The van der Waals surface area contributed by atoms with Crippen LogP contribution < -0.4 is 15.9 Å². The van der Waals surface area contributed by atoms with E-state index in [1.807, 2.05) is 60.7 Å². The van der Waals surface area contributed by atoms with E-state index in [4.69, 9.17) is 0 Å². The molecule has 49 heavy (non-hydrogen) atoms. The second-order valence-electron chi connectivity index (χ2n) is 12.8. The topological polar surface area (TPSA) is 17.1 Å². The van der Waals surface area contributed by atoms with Crippen LogP contribution in [0.3, 0.4) is 0 Å². The molecule has 8 aromatic rings. The van der Waals surface area contributed by atoms with Gasteiger partial charge in [0.15, 0.2) is 7.14 Å². The molecule has 0 saturated heterocycles. The van der Waals surface area contributed by atoms with Crippen molar-refractivity contribution in [2.24, 2.45) is 0 Å². The van der Waals surface area contributed by atoms with Crippen molar-refractivity contribution in [3.8, 4) is 22.3 Å². The Bertz CT molecular complexity index is 2400. The molecule has 2 heteroatoms. The zero-order valence-electron chi connectivity index (χ0n) is 26.9. The molecule has 1 aliphatic carbocycles. The van der Waals surface area contributed by atoms with Crippen molar-refractivity contribution in [1.29, 1.82) is 0 Å². The van der Waals surface area contributed by atoms with Crippen molar-refractivity contribution in [2.75, 3.05) is 0 Å². The van der Waals surface area contributed by atoms with Gasteiger partial charge in [-0.05, 0) is 73.5 Å². The van der Waals surface area contributed by atoms with E-state index in [1.165, 1.54) is 44.2 Å². The molecular formula is C47H33OP. The summed E-state index contributed by atoms with van der Waals surface area (Å²) in [7, 11) is -3.06. The molecule has 0 unspecified atom stereocenters. The largest absolute Gasteiger partial charge is 0.309 e. The fraction of sp³-hybridized carbons (Fsp3) is 0.0213. The number of hydrogen-bond donors (Lipinski definition) is 0. The summed E-state index contributed by atoms with van der Waals surface area (Å²) in [5, 5.41) is 4.99. The minimum Gasteiger partial charge on any atom is -0.309 e. The molecule has 0 radical (unpaired) electrons. The van der Waals surface area contributed by atoms with Crippen LogP contribution in [0, 0.1) is 0 Å². The van der Waals surface area contributed by atoms with Crippen molar-refractivity contribution >= 4 is 33.8 Å². The zero-order chi connectivity index (χ0) is 32.8. The first-order valence-corrected chi connectivity index (χ1v) is 18.5. The van der Waals surface area contributed by atoms with Crippen LogP contribution >= 0.6 is 7.14 Å². The maximum absolute atomic E-state index is 15.0. The summed E-state index contributed by atoms with van der Waals surface area (Å²) in [5.41, 5.74) is 9.33. The SMILES string of the molecule is O=P(c1ccccc1)(c1ccccc1)c1ccc(-c2ccc3c(c2)C(c2ccccc2)(c2ccccc2)c2cc4ccccc4cc2-3)cc1. The number of benzene rings is 8. The van der Waals surface area contributed by atoms with Crippen LogP contribution in [0.2, 0.25) is 0 Å². The van der Waals surface area contributed by atoms with Crippen LogP contribution in [0.25, 0.3) is 33.0 Å². The summed E-state index contributed by atoms with van der Waals surface area (Å²) < 4.78 is 15.0. The molecule has 0 N–H and O–H groups in total. The van der Waals surface area contributed by atoms with Gasteiger partial charge < -0.3 is 4.57 Å². The van der Waals surface area contributed by atoms with E-state index in [0.29, 0.717) is 0 Å². The van der Waals surface area contributed by atoms with Gasteiger partial charge in [0.1, 0.15) is 0 Å². The van der Waals surface area contributed by atoms with E-state index in [0.717, 1.165) is 27.0 Å². The van der Waals surface area contributed by atoms with Crippen molar-refractivity contribution in [3.63, 3.8) is 0 Å². The molecule has 0 saturated carbocycles. The number of hydrogen-bond acceptors (Lipinski definition) is 1. The Morgan fingerprint density at radius 3 is 1.33 bits per heavy atom. The third-order valence-electron chi connectivity index (χ3n) is 10.2. The average molecular weight is 645 g/mol. The first kappa shape index (κ1) is 29.4. The highest BCUT2D eigenvalue weighted by molar-refractivity contribution is 7.85. The molecule has 1 aliphatic rings. The predicted molar refractivity (Wildman–Crippen MR) is 206 cm³/mol. The number of rotatable bonds is 6. The van der Waals surface area contributed by atoms with Gasteiger partial charge in [-0.3, -0.25) is 0 Å². The second kappa shape index (κ2) is 11.7. The first-order valence-electron chi connectivity index (χ1n) is 16.8. The van der Waals surface area contributed by atoms with Gasteiger partial charge in [0.05, 0.1) is 5.41 Å². The predicted octanol–water partition coefficient (Wildman–Crippen LogP) is 10.5. The molecule has 0 aromatic heterocycles. The molecule has 0 heterocycles. The van der Waals surface area contributed by atoms with E-state index in [-0.39, 0.29) is 0 Å². The maximum Gasteiger partial charge on any atom is 0.171 e. The Balaban J connectivity index is 1.25. The van der Waals surface area contributed by atoms with Gasteiger partial charge in [-0.2, -0.15) is 0 Å². The third-order valence-corrected chi connectivity index (χ3v) is 13.3. The Hall–Kier alpha value is -5.75. The van der Waals surface area contributed by atoms with Crippen molar-refractivity contribution < 1.29 is 4.57 Å². The maximum atomic E-state index is 15.0. The van der Waals surface area contributed by atoms with Gasteiger partial charge in [-0.1, -0.05) is 182 Å². The lowest BCUT2D eigenvalue weighted by Crippen LogP contribution is -2.28. The van der Waals surface area contributed by atoms with Gasteiger partial charge in [0.2, 0.25) is 0 Å². The summed E-state index contributed by atoms with van der Waals surface area (Å²) >= 11 is 0. The fourth-order valence-corrected chi connectivity index (χ4v) is 10.6. The molecule has 9 rings (SSSR count). The summed E-state index contributed by atoms with van der Waals surface area (Å²) in [6.07, 6.45) is 0. The molecule has 1 nitrogen and oxygen atoms in total. The molecule has 8 aromatic carbocycles. The van der Waals surface area contributed by atoms with Crippen LogP contribution in [0.5, 0.6) is 0 Å². The van der Waals surface area contributed by atoms with Crippen LogP contribution in [0.4, 0.5) is 0 Å². The standard InChI is InChI=1S/C47H33OP/c48-49(40-21-9-3-10-22-40,41-23-11-4-12-24-41)42-28-25-34(26-29-42)37-27-30-43-44-31-35-15-13-14-16-36(35)32-46(44)47(45(43)33-37,38-17-5-1-6-18-38)39-19-7-2-8-20-39/h1-33H. The quantitative estimate of drug-likeness (QED) is 0.165. The molecule has 0 amide bonds. The highest BCUT2D eigenvalue weighted by Gasteiger charge is 2.46. The molecule has 0 spiro atoms. The molecular weight excluding hydrogens is 611 g/mol. The van der Waals surface area contributed by atoms with E-state index in [1.54, 1.807) is 0 Å². The lowest BCUT2D eigenvalue weighted by atomic mass is 9.67. The molecule has 232 valence electrons. The summed E-state index contributed by atoms with van der Waals surface area (Å²) in [6.45, 7) is 0. The molecule has 0 bridgehead atoms. The highest BCUT2D eigenvalue weighted by atomic mass is 31.2. The fourth-order valence-electron chi connectivity index (χ4n) is 7.94. The van der Waals surface area contributed by atoms with Gasteiger partial charge in [0, 0.05) is 15.9 Å². The van der Waals surface area contributed by atoms with Crippen molar-refractivity contribution in [2.45, 2.75) is 5.41 Å². The lowest BCUT2D eigenvalue weighted by molar-refractivity contribution is 0.592. The van der Waals surface area contributed by atoms with Gasteiger partial charge >= 0.3 is 0 Å². The smallest absolute Gasteiger partial charge is 0.171 e.